The maximum atomic E-state index is 6.03. The number of aliphatic imine (C=N–C) groups is 1. The predicted molar refractivity (Wildman–Crippen MR) is 120 cm³/mol. The van der Waals surface area contributed by atoms with Crippen molar-refractivity contribution in [3.8, 4) is 11.5 Å². The quantitative estimate of drug-likeness (QED) is 0.320. The Morgan fingerprint density at radius 2 is 1.96 bits per heavy atom. The molecule has 8 heteroatoms. The number of halogens is 1. The number of fused-ring (bicyclic) bond motifs is 1. The lowest BCUT2D eigenvalue weighted by Crippen LogP contribution is -2.23. The number of guanidine groups is 1. The van der Waals surface area contributed by atoms with Crippen LogP contribution in [0.4, 0.5) is 5.69 Å². The van der Waals surface area contributed by atoms with Gasteiger partial charge in [-0.25, -0.2) is 4.98 Å². The Hall–Kier alpha value is -2.49. The van der Waals surface area contributed by atoms with Crippen LogP contribution in [0.25, 0.3) is 11.0 Å². The van der Waals surface area contributed by atoms with Gasteiger partial charge in [0.05, 0.1) is 37.5 Å². The van der Waals surface area contributed by atoms with Gasteiger partial charge in [-0.1, -0.05) is 12.1 Å². The number of methoxy groups -OCH3 is 2. The first-order valence-electron chi connectivity index (χ1n) is 8.33. The Bertz CT molecular complexity index is 939. The van der Waals surface area contributed by atoms with Crippen LogP contribution in [-0.4, -0.2) is 36.3 Å². The molecule has 0 aliphatic rings. The van der Waals surface area contributed by atoms with Gasteiger partial charge in [-0.15, -0.1) is 24.0 Å². The molecule has 3 aromatic rings. The minimum Gasteiger partial charge on any atom is -0.497 e. The van der Waals surface area contributed by atoms with Crippen molar-refractivity contribution in [3.63, 3.8) is 0 Å². The van der Waals surface area contributed by atoms with Crippen LogP contribution < -0.4 is 20.5 Å². The number of nitrogens with zero attached hydrogens (tertiary/aromatic N) is 3. The van der Waals surface area contributed by atoms with E-state index in [1.54, 1.807) is 14.2 Å². The standard InChI is InChI=1S/C19H23N5O2.HI/c1-13-22-15-6-4-5-7-17(15)24(13)11-10-21-19(20)23-16-12-14(25-2)8-9-18(16)26-3;/h4-9,12H,10-11H2,1-3H3,(H3,20,21,23);1H. The number of anilines is 1. The molecular weight excluding hydrogens is 457 g/mol. The predicted octanol–water partition coefficient (Wildman–Crippen LogP) is 3.41. The summed E-state index contributed by atoms with van der Waals surface area (Å²) in [4.78, 5) is 8.97. The molecule has 27 heavy (non-hydrogen) atoms. The fourth-order valence-electron chi connectivity index (χ4n) is 2.84. The van der Waals surface area contributed by atoms with E-state index >= 15 is 0 Å². The summed E-state index contributed by atoms with van der Waals surface area (Å²) < 4.78 is 12.7. The first kappa shape index (κ1) is 20.8. The third-order valence-electron chi connectivity index (χ3n) is 4.12. The Kier molecular flexibility index (Phi) is 7.28. The van der Waals surface area contributed by atoms with Crippen LogP contribution in [0.2, 0.25) is 0 Å². The van der Waals surface area contributed by atoms with Gasteiger partial charge in [-0.2, -0.15) is 0 Å². The molecule has 3 N–H and O–H groups in total. The largest absolute Gasteiger partial charge is 0.497 e. The van der Waals surface area contributed by atoms with Crippen molar-refractivity contribution in [1.29, 1.82) is 0 Å². The number of hydrogen-bond donors (Lipinski definition) is 2. The second-order valence-electron chi connectivity index (χ2n) is 5.76. The van der Waals surface area contributed by atoms with E-state index in [-0.39, 0.29) is 24.0 Å². The lowest BCUT2D eigenvalue weighted by Gasteiger charge is -2.12. The van der Waals surface area contributed by atoms with Gasteiger partial charge in [0.1, 0.15) is 17.3 Å². The minimum absolute atomic E-state index is 0. The van der Waals surface area contributed by atoms with Crippen LogP contribution >= 0.6 is 24.0 Å². The minimum atomic E-state index is 0. The van der Waals surface area contributed by atoms with Gasteiger partial charge in [-0.05, 0) is 31.2 Å². The van der Waals surface area contributed by atoms with Gasteiger partial charge in [0, 0.05) is 12.6 Å². The molecule has 0 bridgehead atoms. The molecule has 0 radical (unpaired) electrons. The molecule has 0 atom stereocenters. The van der Waals surface area contributed by atoms with E-state index in [1.807, 2.05) is 43.3 Å². The molecule has 1 heterocycles. The van der Waals surface area contributed by atoms with Crippen LogP contribution in [0.15, 0.2) is 47.5 Å². The molecule has 0 saturated carbocycles. The molecule has 7 nitrogen and oxygen atoms in total. The number of aromatic nitrogens is 2. The van der Waals surface area contributed by atoms with Crippen LogP contribution in [0, 0.1) is 6.92 Å². The second-order valence-corrected chi connectivity index (χ2v) is 5.76. The van der Waals surface area contributed by atoms with Crippen molar-refractivity contribution in [2.24, 2.45) is 10.7 Å². The summed E-state index contributed by atoms with van der Waals surface area (Å²) in [5.41, 5.74) is 8.82. The molecule has 0 spiro atoms. The van der Waals surface area contributed by atoms with Crippen LogP contribution in [-0.2, 0) is 6.54 Å². The topological polar surface area (TPSA) is 86.7 Å². The lowest BCUT2D eigenvalue weighted by molar-refractivity contribution is 0.405. The smallest absolute Gasteiger partial charge is 0.193 e. The number of nitrogens with two attached hydrogens (primary N) is 1. The fraction of sp³-hybridized carbons (Fsp3) is 0.263. The number of nitrogens with one attached hydrogen (secondary N) is 1. The number of para-hydroxylation sites is 2. The molecule has 3 rings (SSSR count). The fourth-order valence-corrected chi connectivity index (χ4v) is 2.84. The zero-order chi connectivity index (χ0) is 18.5. The van der Waals surface area contributed by atoms with Crippen molar-refractivity contribution in [2.75, 3.05) is 26.1 Å². The molecular formula is C19H24IN5O2. The normalized spacial score (nSPS) is 11.1. The van der Waals surface area contributed by atoms with Gasteiger partial charge in [0.25, 0.3) is 0 Å². The Balaban J connectivity index is 0.00000261. The first-order valence-corrected chi connectivity index (χ1v) is 8.33. The SMILES string of the molecule is COc1ccc(OC)c(NC(N)=NCCn2c(C)nc3ccccc32)c1.I. The van der Waals surface area contributed by atoms with E-state index in [9.17, 15) is 0 Å². The summed E-state index contributed by atoms with van der Waals surface area (Å²) in [5, 5.41) is 3.07. The van der Waals surface area contributed by atoms with Gasteiger partial charge < -0.3 is 25.1 Å². The zero-order valence-electron chi connectivity index (χ0n) is 15.6. The van der Waals surface area contributed by atoms with Crippen molar-refractivity contribution in [2.45, 2.75) is 13.5 Å². The molecule has 0 aliphatic carbocycles. The number of rotatable bonds is 6. The van der Waals surface area contributed by atoms with E-state index in [4.69, 9.17) is 15.2 Å². The van der Waals surface area contributed by atoms with E-state index in [2.05, 4.69) is 25.9 Å². The molecule has 144 valence electrons. The van der Waals surface area contributed by atoms with E-state index < -0.39 is 0 Å². The number of benzene rings is 2. The highest BCUT2D eigenvalue weighted by Crippen LogP contribution is 2.28. The van der Waals surface area contributed by atoms with E-state index in [1.165, 1.54) is 0 Å². The first-order chi connectivity index (χ1) is 12.6. The molecule has 0 unspecified atom stereocenters. The molecule has 0 saturated heterocycles. The summed E-state index contributed by atoms with van der Waals surface area (Å²) in [7, 11) is 3.22. The average Bonchev–Trinajstić information content (AvgIpc) is 2.97. The van der Waals surface area contributed by atoms with Crippen molar-refractivity contribution < 1.29 is 9.47 Å². The number of aryl methyl sites for hydroxylation is 1. The Labute approximate surface area is 175 Å². The van der Waals surface area contributed by atoms with Crippen molar-refractivity contribution in [1.82, 2.24) is 9.55 Å². The number of imidazole rings is 1. The second kappa shape index (κ2) is 9.45. The highest BCUT2D eigenvalue weighted by atomic mass is 127. The van der Waals surface area contributed by atoms with Crippen molar-refractivity contribution >= 4 is 46.7 Å². The maximum absolute atomic E-state index is 6.03. The molecule has 1 aromatic heterocycles. The zero-order valence-corrected chi connectivity index (χ0v) is 17.9. The molecule has 2 aromatic carbocycles. The summed E-state index contributed by atoms with van der Waals surface area (Å²) >= 11 is 0. The maximum Gasteiger partial charge on any atom is 0.193 e. The molecule has 0 fully saturated rings. The van der Waals surface area contributed by atoms with Gasteiger partial charge in [0.2, 0.25) is 0 Å². The average molecular weight is 481 g/mol. The molecule has 0 amide bonds. The van der Waals surface area contributed by atoms with E-state index in [0.717, 1.165) is 16.9 Å². The number of hydrogen-bond acceptors (Lipinski definition) is 4. The van der Waals surface area contributed by atoms with Crippen molar-refractivity contribution in [3.05, 3.63) is 48.3 Å². The van der Waals surface area contributed by atoms with Gasteiger partial charge >= 0.3 is 0 Å². The summed E-state index contributed by atoms with van der Waals surface area (Å²) in [6.07, 6.45) is 0. The summed E-state index contributed by atoms with van der Waals surface area (Å²) in [6.45, 7) is 3.22. The van der Waals surface area contributed by atoms with Crippen LogP contribution in [0.1, 0.15) is 5.82 Å². The van der Waals surface area contributed by atoms with Gasteiger partial charge in [0.15, 0.2) is 5.96 Å². The number of ether oxygens (including phenoxy) is 2. The molecule has 0 aliphatic heterocycles. The third kappa shape index (κ3) is 4.82. The summed E-state index contributed by atoms with van der Waals surface area (Å²) in [5.74, 6) is 2.66. The van der Waals surface area contributed by atoms with E-state index in [0.29, 0.717) is 36.2 Å². The lowest BCUT2D eigenvalue weighted by atomic mass is 10.2. The highest BCUT2D eigenvalue weighted by Gasteiger charge is 2.07. The third-order valence-corrected chi connectivity index (χ3v) is 4.12. The summed E-state index contributed by atoms with van der Waals surface area (Å²) in [6, 6.07) is 13.5. The van der Waals surface area contributed by atoms with Crippen LogP contribution in [0.3, 0.4) is 0 Å². The van der Waals surface area contributed by atoms with Crippen LogP contribution in [0.5, 0.6) is 11.5 Å². The highest BCUT2D eigenvalue weighted by molar-refractivity contribution is 14.0. The monoisotopic (exact) mass is 481 g/mol. The Morgan fingerprint density at radius 1 is 1.19 bits per heavy atom. The Morgan fingerprint density at radius 3 is 2.70 bits per heavy atom. The van der Waals surface area contributed by atoms with Gasteiger partial charge in [-0.3, -0.25) is 4.99 Å².